The molecule has 1 atom stereocenters. The Balaban J connectivity index is 1.68. The Hall–Kier alpha value is -2.31. The van der Waals surface area contributed by atoms with Crippen LogP contribution in [0.3, 0.4) is 0 Å². The SMILES string of the molecule is COc1ccccc1-c1nnc(SCC(O)c2ccccc2)o1. The summed E-state index contributed by atoms with van der Waals surface area (Å²) in [5, 5.41) is 18.6. The van der Waals surface area contributed by atoms with Crippen molar-refractivity contribution in [2.45, 2.75) is 11.3 Å². The summed E-state index contributed by atoms with van der Waals surface area (Å²) in [7, 11) is 1.60. The third-order valence-corrected chi connectivity index (χ3v) is 4.19. The van der Waals surface area contributed by atoms with E-state index in [4.69, 9.17) is 9.15 Å². The Morgan fingerprint density at radius 1 is 1.09 bits per heavy atom. The molecule has 0 bridgehead atoms. The summed E-state index contributed by atoms with van der Waals surface area (Å²) in [6, 6.07) is 17.0. The largest absolute Gasteiger partial charge is 0.496 e. The second-order valence-electron chi connectivity index (χ2n) is 4.81. The molecule has 2 aromatic carbocycles. The molecule has 0 fully saturated rings. The number of hydrogen-bond donors (Lipinski definition) is 1. The lowest BCUT2D eigenvalue weighted by atomic mass is 10.1. The zero-order valence-corrected chi connectivity index (χ0v) is 13.4. The molecular weight excluding hydrogens is 312 g/mol. The maximum Gasteiger partial charge on any atom is 0.276 e. The van der Waals surface area contributed by atoms with Crippen LogP contribution in [-0.2, 0) is 0 Å². The summed E-state index contributed by atoms with van der Waals surface area (Å²) in [6.45, 7) is 0. The van der Waals surface area contributed by atoms with Crippen LogP contribution in [0.4, 0.5) is 0 Å². The Labute approximate surface area is 138 Å². The molecule has 0 spiro atoms. The van der Waals surface area contributed by atoms with Crippen molar-refractivity contribution in [2.75, 3.05) is 12.9 Å². The van der Waals surface area contributed by atoms with Crippen LogP contribution in [-0.4, -0.2) is 28.2 Å². The quantitative estimate of drug-likeness (QED) is 0.698. The second kappa shape index (κ2) is 7.30. The molecule has 1 aromatic heterocycles. The Morgan fingerprint density at radius 2 is 1.83 bits per heavy atom. The highest BCUT2D eigenvalue weighted by atomic mass is 32.2. The van der Waals surface area contributed by atoms with E-state index in [1.54, 1.807) is 7.11 Å². The lowest BCUT2D eigenvalue weighted by Gasteiger charge is -2.08. The van der Waals surface area contributed by atoms with Crippen molar-refractivity contribution in [3.05, 3.63) is 60.2 Å². The average molecular weight is 328 g/mol. The molecule has 5 nitrogen and oxygen atoms in total. The third kappa shape index (κ3) is 3.72. The molecule has 3 aromatic rings. The molecule has 0 aliphatic carbocycles. The highest BCUT2D eigenvalue weighted by Crippen LogP contribution is 2.31. The van der Waals surface area contributed by atoms with E-state index in [2.05, 4.69) is 10.2 Å². The van der Waals surface area contributed by atoms with E-state index in [-0.39, 0.29) is 0 Å². The minimum absolute atomic E-state index is 0.402. The molecule has 1 unspecified atom stereocenters. The van der Waals surface area contributed by atoms with Gasteiger partial charge >= 0.3 is 0 Å². The highest BCUT2D eigenvalue weighted by molar-refractivity contribution is 7.99. The lowest BCUT2D eigenvalue weighted by Crippen LogP contribution is -1.99. The van der Waals surface area contributed by atoms with E-state index in [9.17, 15) is 5.11 Å². The Morgan fingerprint density at radius 3 is 2.61 bits per heavy atom. The molecule has 1 N–H and O–H groups in total. The van der Waals surface area contributed by atoms with Gasteiger partial charge in [-0.2, -0.15) is 0 Å². The first-order valence-corrected chi connectivity index (χ1v) is 8.09. The van der Waals surface area contributed by atoms with Gasteiger partial charge in [0.2, 0.25) is 0 Å². The van der Waals surface area contributed by atoms with Crippen LogP contribution >= 0.6 is 11.8 Å². The number of methoxy groups -OCH3 is 1. The first-order chi connectivity index (χ1) is 11.3. The van der Waals surface area contributed by atoms with Crippen LogP contribution in [0.2, 0.25) is 0 Å². The molecule has 0 saturated heterocycles. The predicted molar refractivity (Wildman–Crippen MR) is 88.4 cm³/mol. The smallest absolute Gasteiger partial charge is 0.276 e. The van der Waals surface area contributed by atoms with Crippen LogP contribution in [0.5, 0.6) is 5.75 Å². The van der Waals surface area contributed by atoms with Gasteiger partial charge in [0, 0.05) is 5.75 Å². The fraction of sp³-hybridized carbons (Fsp3) is 0.176. The van der Waals surface area contributed by atoms with Crippen molar-refractivity contribution in [3.8, 4) is 17.2 Å². The van der Waals surface area contributed by atoms with E-state index >= 15 is 0 Å². The van der Waals surface area contributed by atoms with Gasteiger partial charge in [-0.1, -0.05) is 54.2 Å². The lowest BCUT2D eigenvalue weighted by molar-refractivity contribution is 0.204. The number of nitrogens with zero attached hydrogens (tertiary/aromatic N) is 2. The maximum atomic E-state index is 10.2. The van der Waals surface area contributed by atoms with E-state index in [0.29, 0.717) is 22.6 Å². The van der Waals surface area contributed by atoms with E-state index < -0.39 is 6.10 Å². The van der Waals surface area contributed by atoms with E-state index in [1.165, 1.54) is 11.8 Å². The standard InChI is InChI=1S/C17H16N2O3S/c1-21-15-10-6-5-9-13(15)16-18-19-17(22-16)23-11-14(20)12-7-3-2-4-8-12/h2-10,14,20H,11H2,1H3. The first kappa shape index (κ1) is 15.6. The van der Waals surface area contributed by atoms with Crippen LogP contribution in [0.25, 0.3) is 11.5 Å². The third-order valence-electron chi connectivity index (χ3n) is 3.29. The summed E-state index contributed by atoms with van der Waals surface area (Å²) in [4.78, 5) is 0. The number of hydrogen-bond acceptors (Lipinski definition) is 6. The van der Waals surface area contributed by atoms with Crippen molar-refractivity contribution < 1.29 is 14.3 Å². The van der Waals surface area contributed by atoms with Gasteiger partial charge in [-0.15, -0.1) is 10.2 Å². The van der Waals surface area contributed by atoms with Gasteiger partial charge in [-0.25, -0.2) is 0 Å². The van der Waals surface area contributed by atoms with Crippen LogP contribution in [0.15, 0.2) is 64.2 Å². The van der Waals surface area contributed by atoms with Crippen molar-refractivity contribution in [1.82, 2.24) is 10.2 Å². The normalized spacial score (nSPS) is 12.1. The topological polar surface area (TPSA) is 68.4 Å². The van der Waals surface area contributed by atoms with Crippen LogP contribution < -0.4 is 4.74 Å². The predicted octanol–water partition coefficient (Wildman–Crippen LogP) is 3.57. The number of thioether (sulfide) groups is 1. The average Bonchev–Trinajstić information content (AvgIpc) is 3.09. The molecule has 0 saturated carbocycles. The molecule has 3 rings (SSSR count). The first-order valence-electron chi connectivity index (χ1n) is 7.10. The zero-order valence-electron chi connectivity index (χ0n) is 12.5. The number of aromatic nitrogens is 2. The number of aliphatic hydroxyl groups is 1. The summed E-state index contributed by atoms with van der Waals surface area (Å²) in [6.07, 6.45) is -0.581. The Bertz CT molecular complexity index is 761. The van der Waals surface area contributed by atoms with Crippen LogP contribution in [0.1, 0.15) is 11.7 Å². The highest BCUT2D eigenvalue weighted by Gasteiger charge is 2.15. The molecule has 23 heavy (non-hydrogen) atoms. The fourth-order valence-electron chi connectivity index (χ4n) is 2.12. The van der Waals surface area contributed by atoms with E-state index in [0.717, 1.165) is 11.1 Å². The molecule has 0 aliphatic rings. The summed E-state index contributed by atoms with van der Waals surface area (Å²) >= 11 is 1.32. The number of ether oxygens (including phenoxy) is 1. The van der Waals surface area contributed by atoms with Crippen molar-refractivity contribution in [3.63, 3.8) is 0 Å². The molecule has 118 valence electrons. The van der Waals surface area contributed by atoms with Crippen molar-refractivity contribution >= 4 is 11.8 Å². The van der Waals surface area contributed by atoms with Crippen molar-refractivity contribution in [2.24, 2.45) is 0 Å². The van der Waals surface area contributed by atoms with Crippen LogP contribution in [0, 0.1) is 0 Å². The zero-order chi connectivity index (χ0) is 16.1. The van der Waals surface area contributed by atoms with Gasteiger partial charge in [-0.3, -0.25) is 0 Å². The van der Waals surface area contributed by atoms with Gasteiger partial charge in [0.15, 0.2) is 0 Å². The minimum atomic E-state index is -0.581. The van der Waals surface area contributed by atoms with Gasteiger partial charge in [-0.05, 0) is 17.7 Å². The van der Waals surface area contributed by atoms with Gasteiger partial charge in [0.1, 0.15) is 5.75 Å². The minimum Gasteiger partial charge on any atom is -0.496 e. The molecule has 6 heteroatoms. The summed E-state index contributed by atoms with van der Waals surface area (Å²) < 4.78 is 10.9. The summed E-state index contributed by atoms with van der Waals surface area (Å²) in [5.41, 5.74) is 1.61. The van der Waals surface area contributed by atoms with Gasteiger partial charge in [0.25, 0.3) is 11.1 Å². The van der Waals surface area contributed by atoms with Gasteiger partial charge < -0.3 is 14.3 Å². The van der Waals surface area contributed by atoms with E-state index in [1.807, 2.05) is 54.6 Å². The molecule has 1 heterocycles. The Kier molecular flexibility index (Phi) is 4.95. The second-order valence-corrected chi connectivity index (χ2v) is 5.78. The maximum absolute atomic E-state index is 10.2. The molecule has 0 aliphatic heterocycles. The van der Waals surface area contributed by atoms with Crippen molar-refractivity contribution in [1.29, 1.82) is 0 Å². The number of para-hydroxylation sites is 1. The monoisotopic (exact) mass is 328 g/mol. The molecule has 0 amide bonds. The van der Waals surface area contributed by atoms with Gasteiger partial charge in [0.05, 0.1) is 18.8 Å². The number of rotatable bonds is 6. The number of benzene rings is 2. The molecular formula is C17H16N2O3S. The fourth-order valence-corrected chi connectivity index (χ4v) is 2.85. The molecule has 0 radical (unpaired) electrons. The summed E-state index contributed by atoms with van der Waals surface area (Å²) in [5.74, 6) is 1.52. The number of aliphatic hydroxyl groups excluding tert-OH is 1.